The van der Waals surface area contributed by atoms with E-state index in [2.05, 4.69) is 35.3 Å². The van der Waals surface area contributed by atoms with Gasteiger partial charge in [-0.2, -0.15) is 20.1 Å². The minimum absolute atomic E-state index is 0.288. The lowest BCUT2D eigenvalue weighted by atomic mass is 10.3. The van der Waals surface area contributed by atoms with E-state index in [0.29, 0.717) is 37.5 Å². The van der Waals surface area contributed by atoms with Crippen LogP contribution in [0.15, 0.2) is 15.6 Å². The fourth-order valence-electron chi connectivity index (χ4n) is 3.26. The minimum Gasteiger partial charge on any atom is -0.462 e. The number of nitrogens with one attached hydrogen (secondary N) is 1. The van der Waals surface area contributed by atoms with Gasteiger partial charge in [0, 0.05) is 38.8 Å². The average Bonchev–Trinajstić information content (AvgIpc) is 3.12. The van der Waals surface area contributed by atoms with Crippen molar-refractivity contribution in [2.24, 2.45) is 5.10 Å². The van der Waals surface area contributed by atoms with Gasteiger partial charge in [-0.1, -0.05) is 0 Å². The minimum atomic E-state index is 0.288. The molecule has 0 spiro atoms. The Morgan fingerprint density at radius 1 is 1.06 bits per heavy atom. The molecule has 31 heavy (non-hydrogen) atoms. The molecule has 2 aromatic heterocycles. The molecule has 2 fully saturated rings. The lowest BCUT2D eigenvalue weighted by Crippen LogP contribution is -2.39. The van der Waals surface area contributed by atoms with Crippen LogP contribution in [0.25, 0.3) is 0 Å². The van der Waals surface area contributed by atoms with Crippen molar-refractivity contribution in [3.05, 3.63) is 23.2 Å². The molecule has 2 aliphatic heterocycles. The van der Waals surface area contributed by atoms with Crippen LogP contribution in [0.5, 0.6) is 6.01 Å². The SMILES string of the molecule is Cc1cc(N/N=C/c2nc(OCCN3CCOCC3)nc(N3CCOCC3)n2)oc1C. The van der Waals surface area contributed by atoms with Gasteiger partial charge >= 0.3 is 6.01 Å². The fourth-order valence-corrected chi connectivity index (χ4v) is 3.26. The average molecular weight is 431 g/mol. The molecule has 0 atom stereocenters. The molecule has 2 saturated heterocycles. The molecule has 2 aromatic rings. The third-order valence-electron chi connectivity index (χ3n) is 5.18. The number of ether oxygens (including phenoxy) is 3. The first-order valence-corrected chi connectivity index (χ1v) is 10.5. The molecule has 0 bridgehead atoms. The van der Waals surface area contributed by atoms with E-state index in [-0.39, 0.29) is 6.01 Å². The molecular formula is C20H29N7O4. The normalized spacial score (nSPS) is 17.9. The lowest BCUT2D eigenvalue weighted by Gasteiger charge is -2.27. The van der Waals surface area contributed by atoms with Gasteiger partial charge in [0.25, 0.3) is 0 Å². The Kier molecular flexibility index (Phi) is 7.28. The largest absolute Gasteiger partial charge is 0.462 e. The van der Waals surface area contributed by atoms with Gasteiger partial charge < -0.3 is 23.5 Å². The smallest absolute Gasteiger partial charge is 0.321 e. The highest BCUT2D eigenvalue weighted by Crippen LogP contribution is 2.18. The van der Waals surface area contributed by atoms with Crippen LogP contribution in [0.1, 0.15) is 17.1 Å². The Morgan fingerprint density at radius 2 is 1.81 bits per heavy atom. The molecule has 11 nitrogen and oxygen atoms in total. The highest BCUT2D eigenvalue weighted by atomic mass is 16.5. The summed E-state index contributed by atoms with van der Waals surface area (Å²) in [7, 11) is 0. The van der Waals surface area contributed by atoms with Crippen LogP contribution in [0.2, 0.25) is 0 Å². The van der Waals surface area contributed by atoms with Gasteiger partial charge in [-0.05, 0) is 19.4 Å². The van der Waals surface area contributed by atoms with E-state index in [4.69, 9.17) is 18.6 Å². The second kappa shape index (κ2) is 10.5. The molecule has 0 amide bonds. The molecule has 1 N–H and O–H groups in total. The molecular weight excluding hydrogens is 402 g/mol. The van der Waals surface area contributed by atoms with Gasteiger partial charge in [-0.15, -0.1) is 0 Å². The van der Waals surface area contributed by atoms with Crippen LogP contribution in [0.4, 0.5) is 11.8 Å². The summed E-state index contributed by atoms with van der Waals surface area (Å²) in [6.45, 7) is 11.2. The van der Waals surface area contributed by atoms with Crippen LogP contribution < -0.4 is 15.1 Å². The quantitative estimate of drug-likeness (QED) is 0.481. The molecule has 0 aromatic carbocycles. The maximum Gasteiger partial charge on any atom is 0.321 e. The Bertz CT molecular complexity index is 857. The van der Waals surface area contributed by atoms with Crippen LogP contribution >= 0.6 is 0 Å². The second-order valence-electron chi connectivity index (χ2n) is 7.40. The van der Waals surface area contributed by atoms with Gasteiger partial charge in [0.05, 0.1) is 32.6 Å². The van der Waals surface area contributed by atoms with Gasteiger partial charge in [0.2, 0.25) is 11.8 Å². The molecule has 0 saturated carbocycles. The van der Waals surface area contributed by atoms with E-state index in [0.717, 1.165) is 57.3 Å². The number of hydrogen-bond donors (Lipinski definition) is 1. The molecule has 4 rings (SSSR count). The zero-order valence-electron chi connectivity index (χ0n) is 18.0. The van der Waals surface area contributed by atoms with E-state index in [9.17, 15) is 0 Å². The highest BCUT2D eigenvalue weighted by molar-refractivity contribution is 5.75. The summed E-state index contributed by atoms with van der Waals surface area (Å²) in [4.78, 5) is 17.8. The highest BCUT2D eigenvalue weighted by Gasteiger charge is 2.17. The number of nitrogens with zero attached hydrogens (tertiary/aromatic N) is 6. The van der Waals surface area contributed by atoms with Crippen molar-refractivity contribution in [3.63, 3.8) is 0 Å². The second-order valence-corrected chi connectivity index (χ2v) is 7.40. The number of anilines is 2. The van der Waals surface area contributed by atoms with Crippen molar-refractivity contribution in [3.8, 4) is 6.01 Å². The van der Waals surface area contributed by atoms with Crippen LogP contribution in [-0.2, 0) is 9.47 Å². The number of rotatable bonds is 8. The number of hydrogen-bond acceptors (Lipinski definition) is 11. The zero-order chi connectivity index (χ0) is 21.5. The molecule has 11 heteroatoms. The summed E-state index contributed by atoms with van der Waals surface area (Å²) in [5, 5.41) is 4.20. The maximum atomic E-state index is 5.86. The summed E-state index contributed by atoms with van der Waals surface area (Å²) >= 11 is 0. The Labute approximate surface area is 181 Å². The van der Waals surface area contributed by atoms with E-state index in [1.165, 1.54) is 6.21 Å². The van der Waals surface area contributed by atoms with Crippen LogP contribution in [0.3, 0.4) is 0 Å². The number of furan rings is 1. The van der Waals surface area contributed by atoms with Gasteiger partial charge in [0.1, 0.15) is 12.4 Å². The van der Waals surface area contributed by atoms with E-state index >= 15 is 0 Å². The number of morpholine rings is 2. The fraction of sp³-hybridized carbons (Fsp3) is 0.600. The summed E-state index contributed by atoms with van der Waals surface area (Å²) in [5.41, 5.74) is 3.93. The van der Waals surface area contributed by atoms with Crippen molar-refractivity contribution in [2.75, 3.05) is 76.1 Å². The lowest BCUT2D eigenvalue weighted by molar-refractivity contribution is 0.0317. The van der Waals surface area contributed by atoms with Gasteiger partial charge in [0.15, 0.2) is 5.82 Å². The summed E-state index contributed by atoms with van der Waals surface area (Å²) < 4.78 is 22.2. The van der Waals surface area contributed by atoms with Crippen molar-refractivity contribution < 1.29 is 18.6 Å². The third-order valence-corrected chi connectivity index (χ3v) is 5.18. The summed E-state index contributed by atoms with van der Waals surface area (Å²) in [5.74, 6) is 2.38. The maximum absolute atomic E-state index is 5.86. The van der Waals surface area contributed by atoms with Crippen molar-refractivity contribution >= 4 is 18.0 Å². The molecule has 0 unspecified atom stereocenters. The first-order valence-electron chi connectivity index (χ1n) is 10.5. The first-order chi connectivity index (χ1) is 15.2. The molecule has 4 heterocycles. The number of aryl methyl sites for hydroxylation is 2. The molecule has 0 radical (unpaired) electrons. The molecule has 2 aliphatic rings. The topological polar surface area (TPSA) is 110 Å². The first kappa shape index (κ1) is 21.5. The van der Waals surface area contributed by atoms with E-state index in [1.54, 1.807) is 0 Å². The van der Waals surface area contributed by atoms with Crippen molar-refractivity contribution in [2.45, 2.75) is 13.8 Å². The number of aromatic nitrogens is 3. The van der Waals surface area contributed by atoms with Crippen molar-refractivity contribution in [1.82, 2.24) is 19.9 Å². The van der Waals surface area contributed by atoms with E-state index in [1.807, 2.05) is 19.9 Å². The Balaban J connectivity index is 1.43. The summed E-state index contributed by atoms with van der Waals surface area (Å²) in [6.07, 6.45) is 1.54. The summed E-state index contributed by atoms with van der Waals surface area (Å²) in [6, 6.07) is 2.18. The van der Waals surface area contributed by atoms with Crippen LogP contribution in [-0.4, -0.2) is 91.8 Å². The van der Waals surface area contributed by atoms with Crippen LogP contribution in [0, 0.1) is 13.8 Å². The predicted molar refractivity (Wildman–Crippen MR) is 115 cm³/mol. The van der Waals surface area contributed by atoms with Gasteiger partial charge in [-0.3, -0.25) is 4.90 Å². The Hall–Kier alpha value is -2.76. The monoisotopic (exact) mass is 431 g/mol. The van der Waals surface area contributed by atoms with Crippen molar-refractivity contribution in [1.29, 1.82) is 0 Å². The Morgan fingerprint density at radius 3 is 2.52 bits per heavy atom. The van der Waals surface area contributed by atoms with Gasteiger partial charge in [-0.25, -0.2) is 5.43 Å². The zero-order valence-corrected chi connectivity index (χ0v) is 18.0. The molecule has 0 aliphatic carbocycles. The predicted octanol–water partition coefficient (Wildman–Crippen LogP) is 1.08. The third kappa shape index (κ3) is 6.12. The number of hydrazone groups is 1. The standard InChI is InChI=1S/C20H29N7O4/c1-15-13-18(31-16(15)2)25-21-14-17-22-19(27-6-10-29-11-7-27)24-20(23-17)30-12-5-26-3-8-28-9-4-26/h13-14,25H,3-12H2,1-2H3/b21-14+. The van der Waals surface area contributed by atoms with E-state index < -0.39 is 0 Å². The molecule has 168 valence electrons.